The van der Waals surface area contributed by atoms with E-state index in [9.17, 15) is 14.4 Å². The zero-order valence-electron chi connectivity index (χ0n) is 11.8. The predicted octanol–water partition coefficient (Wildman–Crippen LogP) is 1.54. The van der Waals surface area contributed by atoms with Gasteiger partial charge in [0.15, 0.2) is 6.10 Å². The second-order valence-electron chi connectivity index (χ2n) is 4.21. The largest absolute Gasteiger partial charge is 0.459 e. The lowest BCUT2D eigenvalue weighted by atomic mass is 10.2. The lowest BCUT2D eigenvalue weighted by molar-refractivity contribution is -0.154. The molecular weight excluding hydrogens is 276 g/mol. The van der Waals surface area contributed by atoms with Crippen LogP contribution < -0.4 is 4.74 Å². The summed E-state index contributed by atoms with van der Waals surface area (Å²) in [4.78, 5) is 33.6. The Morgan fingerprint density at radius 1 is 1.29 bits per heavy atom. The molecule has 1 rings (SSSR count). The molecule has 0 aromatic heterocycles. The van der Waals surface area contributed by atoms with E-state index >= 15 is 0 Å². The third-order valence-corrected chi connectivity index (χ3v) is 2.50. The third kappa shape index (κ3) is 5.19. The molecule has 0 amide bonds. The summed E-state index contributed by atoms with van der Waals surface area (Å²) in [5.41, 5.74) is 0.691. The summed E-state index contributed by atoms with van der Waals surface area (Å²) >= 11 is 0. The maximum Gasteiger partial charge on any atom is 0.344 e. The molecule has 0 bridgehead atoms. The molecule has 1 aromatic carbocycles. The van der Waals surface area contributed by atoms with Gasteiger partial charge in [0.1, 0.15) is 18.6 Å². The molecule has 0 saturated heterocycles. The minimum absolute atomic E-state index is 0.225. The molecule has 0 aliphatic rings. The van der Waals surface area contributed by atoms with Gasteiger partial charge in [-0.05, 0) is 31.2 Å². The molecule has 0 radical (unpaired) electrons. The Bertz CT molecular complexity index is 532. The minimum Gasteiger partial charge on any atom is -0.459 e. The lowest BCUT2D eigenvalue weighted by Gasteiger charge is -2.14. The van der Waals surface area contributed by atoms with Gasteiger partial charge in [0.25, 0.3) is 0 Å². The van der Waals surface area contributed by atoms with Crippen molar-refractivity contribution in [2.24, 2.45) is 0 Å². The molecule has 6 heteroatoms. The normalized spacial score (nSPS) is 11.3. The zero-order chi connectivity index (χ0) is 15.8. The highest BCUT2D eigenvalue weighted by Crippen LogP contribution is 2.12. The predicted molar refractivity (Wildman–Crippen MR) is 74.0 cm³/mol. The number of carbonyl (C=O) groups is 3. The molecule has 0 aliphatic carbocycles. The zero-order valence-corrected chi connectivity index (χ0v) is 11.8. The van der Waals surface area contributed by atoms with E-state index < -0.39 is 18.0 Å². The fourth-order valence-electron chi connectivity index (χ4n) is 1.30. The maximum absolute atomic E-state index is 11.9. The fourth-order valence-corrected chi connectivity index (χ4v) is 1.30. The third-order valence-electron chi connectivity index (χ3n) is 2.50. The van der Waals surface area contributed by atoms with Gasteiger partial charge in [0.2, 0.25) is 0 Å². The number of aldehydes is 1. The van der Waals surface area contributed by atoms with Crippen molar-refractivity contribution >= 4 is 18.2 Å². The van der Waals surface area contributed by atoms with Crippen LogP contribution in [0.1, 0.15) is 17.3 Å². The number of methoxy groups -OCH3 is 1. The van der Waals surface area contributed by atoms with E-state index in [1.54, 1.807) is 0 Å². The van der Waals surface area contributed by atoms with Crippen molar-refractivity contribution in [2.45, 2.75) is 13.0 Å². The van der Waals surface area contributed by atoms with Crippen LogP contribution in [0.25, 0.3) is 0 Å². The molecule has 6 nitrogen and oxygen atoms in total. The van der Waals surface area contributed by atoms with Crippen LogP contribution in [0.5, 0.6) is 5.75 Å². The van der Waals surface area contributed by atoms with Crippen molar-refractivity contribution in [1.29, 1.82) is 0 Å². The molecule has 1 atom stereocenters. The Labute approximate surface area is 122 Å². The highest BCUT2D eigenvalue weighted by Gasteiger charge is 2.22. The van der Waals surface area contributed by atoms with Gasteiger partial charge in [0, 0.05) is 18.2 Å². The number of ether oxygens (including phenoxy) is 3. The van der Waals surface area contributed by atoms with E-state index in [-0.39, 0.29) is 17.9 Å². The van der Waals surface area contributed by atoms with E-state index in [1.165, 1.54) is 38.3 Å². The van der Waals surface area contributed by atoms with Gasteiger partial charge in [-0.25, -0.2) is 9.59 Å². The Morgan fingerprint density at radius 2 is 1.90 bits per heavy atom. The van der Waals surface area contributed by atoms with Crippen molar-refractivity contribution in [3.63, 3.8) is 0 Å². The van der Waals surface area contributed by atoms with Crippen LogP contribution in [0.2, 0.25) is 0 Å². The Hall–Kier alpha value is -2.47. The first kappa shape index (κ1) is 16.6. The van der Waals surface area contributed by atoms with Crippen molar-refractivity contribution in [2.75, 3.05) is 13.7 Å². The number of esters is 2. The number of rotatable bonds is 7. The Balaban J connectivity index is 2.59. The molecule has 0 saturated carbocycles. The van der Waals surface area contributed by atoms with Gasteiger partial charge in [-0.2, -0.15) is 0 Å². The summed E-state index contributed by atoms with van der Waals surface area (Å²) in [6.45, 7) is 4.65. The first-order valence-electron chi connectivity index (χ1n) is 6.10. The molecule has 0 N–H and O–H groups in total. The number of hydrogen-bond donors (Lipinski definition) is 0. The van der Waals surface area contributed by atoms with Gasteiger partial charge in [0.05, 0.1) is 0 Å². The lowest BCUT2D eigenvalue weighted by Crippen LogP contribution is -2.33. The number of carbonyl (C=O) groups excluding carboxylic acids is 3. The minimum atomic E-state index is -1.04. The molecule has 0 aliphatic heterocycles. The van der Waals surface area contributed by atoms with Crippen LogP contribution in [0.3, 0.4) is 0 Å². The standard InChI is InChI=1S/C15H16O6/c1-10(2)14(17)20-9-13(19-3)15(18)21-12-6-4-11(8-16)5-7-12/h4-8,13H,1,9H2,2-3H3. The van der Waals surface area contributed by atoms with Crippen molar-refractivity contribution in [3.8, 4) is 5.75 Å². The van der Waals surface area contributed by atoms with Gasteiger partial charge >= 0.3 is 11.9 Å². The van der Waals surface area contributed by atoms with Crippen LogP contribution in [0.15, 0.2) is 36.4 Å². The summed E-state index contributed by atoms with van der Waals surface area (Å²) in [5.74, 6) is -1.05. The Morgan fingerprint density at radius 3 is 2.38 bits per heavy atom. The first-order chi connectivity index (χ1) is 9.97. The molecular formula is C15H16O6. The van der Waals surface area contributed by atoms with Crippen LogP contribution in [0, 0.1) is 0 Å². The molecule has 0 spiro atoms. The topological polar surface area (TPSA) is 78.9 Å². The second kappa shape index (κ2) is 7.96. The van der Waals surface area contributed by atoms with Crippen LogP contribution in [-0.4, -0.2) is 38.0 Å². The molecule has 1 unspecified atom stereocenters. The van der Waals surface area contributed by atoms with Crippen molar-refractivity contribution in [3.05, 3.63) is 42.0 Å². The number of benzene rings is 1. The molecule has 1 aromatic rings. The van der Waals surface area contributed by atoms with E-state index in [0.29, 0.717) is 11.8 Å². The smallest absolute Gasteiger partial charge is 0.344 e. The molecule has 0 fully saturated rings. The van der Waals surface area contributed by atoms with Crippen LogP contribution >= 0.6 is 0 Å². The average Bonchev–Trinajstić information content (AvgIpc) is 2.48. The quantitative estimate of drug-likeness (QED) is 0.328. The molecule has 21 heavy (non-hydrogen) atoms. The van der Waals surface area contributed by atoms with Gasteiger partial charge < -0.3 is 14.2 Å². The fraction of sp³-hybridized carbons (Fsp3) is 0.267. The second-order valence-corrected chi connectivity index (χ2v) is 4.21. The average molecular weight is 292 g/mol. The summed E-state index contributed by atoms with van der Waals surface area (Å²) in [7, 11) is 1.30. The summed E-state index contributed by atoms with van der Waals surface area (Å²) in [5, 5.41) is 0. The van der Waals surface area contributed by atoms with Crippen molar-refractivity contribution in [1.82, 2.24) is 0 Å². The first-order valence-corrected chi connectivity index (χ1v) is 6.10. The molecule has 0 heterocycles. The van der Waals surface area contributed by atoms with Crippen molar-refractivity contribution < 1.29 is 28.6 Å². The van der Waals surface area contributed by atoms with E-state index in [1.807, 2.05) is 0 Å². The summed E-state index contributed by atoms with van der Waals surface area (Å²) < 4.78 is 14.8. The summed E-state index contributed by atoms with van der Waals surface area (Å²) in [6, 6.07) is 5.99. The maximum atomic E-state index is 11.9. The highest BCUT2D eigenvalue weighted by atomic mass is 16.6. The van der Waals surface area contributed by atoms with E-state index in [0.717, 1.165) is 0 Å². The van der Waals surface area contributed by atoms with Gasteiger partial charge in [-0.3, -0.25) is 4.79 Å². The van der Waals surface area contributed by atoms with E-state index in [2.05, 4.69) is 6.58 Å². The molecule has 112 valence electrons. The summed E-state index contributed by atoms with van der Waals surface area (Å²) in [6.07, 6.45) is -0.361. The van der Waals surface area contributed by atoms with Crippen LogP contribution in [0.4, 0.5) is 0 Å². The SMILES string of the molecule is C=C(C)C(=O)OCC(OC)C(=O)Oc1ccc(C=O)cc1. The monoisotopic (exact) mass is 292 g/mol. The number of hydrogen-bond acceptors (Lipinski definition) is 6. The van der Waals surface area contributed by atoms with Crippen LogP contribution in [-0.2, 0) is 19.1 Å². The van der Waals surface area contributed by atoms with Gasteiger partial charge in [-0.1, -0.05) is 6.58 Å². The van der Waals surface area contributed by atoms with Gasteiger partial charge in [-0.15, -0.1) is 0 Å². The van der Waals surface area contributed by atoms with E-state index in [4.69, 9.17) is 14.2 Å². The highest BCUT2D eigenvalue weighted by molar-refractivity contribution is 5.87. The Kier molecular flexibility index (Phi) is 6.29.